The second-order valence-corrected chi connectivity index (χ2v) is 6.71. The molecule has 1 N–H and O–H groups in total. The lowest BCUT2D eigenvalue weighted by Gasteiger charge is -2.18. The number of nitrogens with zero attached hydrogens (tertiary/aromatic N) is 1. The normalized spacial score (nSPS) is 19.6. The smallest absolute Gasteiger partial charge is 0.240 e. The van der Waals surface area contributed by atoms with Crippen molar-refractivity contribution in [2.24, 2.45) is 11.0 Å². The summed E-state index contributed by atoms with van der Waals surface area (Å²) in [6.07, 6.45) is 5.51. The molecule has 2 rings (SSSR count). The molecule has 1 unspecified atom stereocenters. The molecule has 1 aromatic carbocycles. The minimum absolute atomic E-state index is 0.0489. The molecule has 0 bridgehead atoms. The summed E-state index contributed by atoms with van der Waals surface area (Å²) in [5.74, 6) is 1.44. The fraction of sp³-hybridized carbons (Fsp3) is 0.556. The molecule has 0 radical (unpaired) electrons. The van der Waals surface area contributed by atoms with E-state index in [4.69, 9.17) is 16.3 Å². The summed E-state index contributed by atoms with van der Waals surface area (Å²) in [6.45, 7) is 4.69. The molecule has 1 fully saturated rings. The molecule has 1 amide bonds. The predicted octanol–water partition coefficient (Wildman–Crippen LogP) is 4.49. The Hall–Kier alpha value is -1.55. The van der Waals surface area contributed by atoms with Crippen LogP contribution in [0.4, 0.5) is 0 Å². The Morgan fingerprint density at radius 1 is 1.48 bits per heavy atom. The maximum absolute atomic E-state index is 11.8. The van der Waals surface area contributed by atoms with Crippen molar-refractivity contribution in [2.45, 2.75) is 52.4 Å². The summed E-state index contributed by atoms with van der Waals surface area (Å²) < 4.78 is 5.68. The molecule has 1 saturated carbocycles. The highest BCUT2D eigenvalue weighted by molar-refractivity contribution is 6.30. The van der Waals surface area contributed by atoms with E-state index in [1.165, 1.54) is 12.8 Å². The van der Waals surface area contributed by atoms with Crippen LogP contribution in [0.15, 0.2) is 23.3 Å². The molecule has 1 atom stereocenters. The first-order valence-electron chi connectivity index (χ1n) is 8.28. The van der Waals surface area contributed by atoms with Crippen molar-refractivity contribution in [1.82, 2.24) is 5.43 Å². The van der Waals surface area contributed by atoms with Gasteiger partial charge in [0, 0.05) is 17.2 Å². The van der Waals surface area contributed by atoms with Gasteiger partial charge in [0.1, 0.15) is 5.75 Å². The first kappa shape index (κ1) is 17.8. The van der Waals surface area contributed by atoms with Crippen molar-refractivity contribution in [3.63, 3.8) is 0 Å². The van der Waals surface area contributed by atoms with Gasteiger partial charge < -0.3 is 4.74 Å². The second-order valence-electron chi connectivity index (χ2n) is 6.28. The van der Waals surface area contributed by atoms with E-state index in [9.17, 15) is 4.79 Å². The Bertz CT molecular complexity index is 572. The number of rotatable bonds is 6. The molecular weight excluding hydrogens is 312 g/mol. The molecule has 0 saturated heterocycles. The van der Waals surface area contributed by atoms with Gasteiger partial charge in [-0.05, 0) is 68.7 Å². The maximum atomic E-state index is 11.8. The van der Waals surface area contributed by atoms with Crippen LogP contribution in [0.1, 0.15) is 51.0 Å². The zero-order valence-corrected chi connectivity index (χ0v) is 14.7. The van der Waals surface area contributed by atoms with Crippen molar-refractivity contribution in [1.29, 1.82) is 0 Å². The van der Waals surface area contributed by atoms with Crippen LogP contribution in [0.3, 0.4) is 0 Å². The van der Waals surface area contributed by atoms with E-state index in [1.54, 1.807) is 6.07 Å². The van der Waals surface area contributed by atoms with Gasteiger partial charge in [0.05, 0.1) is 6.61 Å². The average molecular weight is 337 g/mol. The molecule has 4 nitrogen and oxygen atoms in total. The van der Waals surface area contributed by atoms with Crippen LogP contribution in [0, 0.1) is 12.8 Å². The molecule has 23 heavy (non-hydrogen) atoms. The number of carbonyl (C=O) groups is 1. The number of amides is 1. The topological polar surface area (TPSA) is 50.7 Å². The van der Waals surface area contributed by atoms with Crippen molar-refractivity contribution in [3.05, 3.63) is 28.8 Å². The van der Waals surface area contributed by atoms with Crippen LogP contribution in [0.25, 0.3) is 0 Å². The number of hydrogen-bond acceptors (Lipinski definition) is 3. The zero-order valence-electron chi connectivity index (χ0n) is 13.9. The molecule has 1 aliphatic carbocycles. The van der Waals surface area contributed by atoms with E-state index in [0.29, 0.717) is 30.4 Å². The Balaban J connectivity index is 1.65. The van der Waals surface area contributed by atoms with Crippen LogP contribution in [-0.4, -0.2) is 18.2 Å². The number of halogens is 1. The van der Waals surface area contributed by atoms with Crippen LogP contribution < -0.4 is 10.2 Å². The fourth-order valence-electron chi connectivity index (χ4n) is 2.75. The van der Waals surface area contributed by atoms with E-state index in [-0.39, 0.29) is 5.91 Å². The highest BCUT2D eigenvalue weighted by Crippen LogP contribution is 2.22. The highest BCUT2D eigenvalue weighted by atomic mass is 35.5. The standard InChI is InChI=1S/C18H25ClN2O2/c1-13-5-3-6-16(11-13)20-21-18(22)7-4-10-23-17-9-8-15(19)12-14(17)2/h8-9,12-13H,3-7,10-11H2,1-2H3,(H,21,22). The number of hydrogen-bond donors (Lipinski definition) is 1. The summed E-state index contributed by atoms with van der Waals surface area (Å²) in [4.78, 5) is 11.8. The minimum Gasteiger partial charge on any atom is -0.493 e. The van der Waals surface area contributed by atoms with Crippen LogP contribution in [0.5, 0.6) is 5.75 Å². The van der Waals surface area contributed by atoms with Gasteiger partial charge in [-0.15, -0.1) is 0 Å². The Kier molecular flexibility index (Phi) is 6.90. The second kappa shape index (κ2) is 8.92. The molecule has 0 spiro atoms. The van der Waals surface area contributed by atoms with E-state index in [1.807, 2.05) is 19.1 Å². The lowest BCUT2D eigenvalue weighted by atomic mass is 9.89. The number of benzene rings is 1. The molecular formula is C18H25ClN2O2. The van der Waals surface area contributed by atoms with Crippen molar-refractivity contribution in [3.8, 4) is 5.75 Å². The highest BCUT2D eigenvalue weighted by Gasteiger charge is 2.14. The van der Waals surface area contributed by atoms with Gasteiger partial charge in [-0.1, -0.05) is 18.5 Å². The Morgan fingerprint density at radius 2 is 2.30 bits per heavy atom. The molecule has 0 aliphatic heterocycles. The van der Waals surface area contributed by atoms with Crippen LogP contribution in [-0.2, 0) is 4.79 Å². The largest absolute Gasteiger partial charge is 0.493 e. The molecule has 0 heterocycles. The lowest BCUT2D eigenvalue weighted by Crippen LogP contribution is -2.22. The average Bonchev–Trinajstić information content (AvgIpc) is 2.51. The third-order valence-electron chi connectivity index (χ3n) is 4.03. The van der Waals surface area contributed by atoms with Crippen LogP contribution in [0.2, 0.25) is 5.02 Å². The molecule has 5 heteroatoms. The van der Waals surface area contributed by atoms with Gasteiger partial charge in [0.25, 0.3) is 0 Å². The third kappa shape index (κ3) is 6.22. The summed E-state index contributed by atoms with van der Waals surface area (Å²) in [5.41, 5.74) is 4.78. The van der Waals surface area contributed by atoms with Gasteiger partial charge in [-0.2, -0.15) is 5.10 Å². The quantitative estimate of drug-likeness (QED) is 0.614. The summed E-state index contributed by atoms with van der Waals surface area (Å²) in [7, 11) is 0. The molecule has 1 aromatic rings. The number of hydrazone groups is 1. The number of nitrogens with one attached hydrogen (secondary N) is 1. The predicted molar refractivity (Wildman–Crippen MR) is 94.1 cm³/mol. The van der Waals surface area contributed by atoms with Gasteiger partial charge in [-0.3, -0.25) is 4.79 Å². The molecule has 1 aliphatic rings. The van der Waals surface area contributed by atoms with Gasteiger partial charge >= 0.3 is 0 Å². The third-order valence-corrected chi connectivity index (χ3v) is 4.26. The summed E-state index contributed by atoms with van der Waals surface area (Å²) in [6, 6.07) is 5.52. The monoisotopic (exact) mass is 336 g/mol. The van der Waals surface area contributed by atoms with Gasteiger partial charge in [0.15, 0.2) is 0 Å². The van der Waals surface area contributed by atoms with E-state index in [0.717, 1.165) is 29.9 Å². The first-order chi connectivity index (χ1) is 11.0. The van der Waals surface area contributed by atoms with Crippen molar-refractivity contribution in [2.75, 3.05) is 6.61 Å². The Morgan fingerprint density at radius 3 is 3.04 bits per heavy atom. The molecule has 126 valence electrons. The van der Waals surface area contributed by atoms with Crippen LogP contribution >= 0.6 is 11.6 Å². The van der Waals surface area contributed by atoms with Crippen molar-refractivity contribution < 1.29 is 9.53 Å². The van der Waals surface area contributed by atoms with Gasteiger partial charge in [-0.25, -0.2) is 5.43 Å². The minimum atomic E-state index is -0.0489. The number of carbonyl (C=O) groups excluding carboxylic acids is 1. The Labute approximate surface area is 143 Å². The van der Waals surface area contributed by atoms with Gasteiger partial charge in [0.2, 0.25) is 5.91 Å². The first-order valence-corrected chi connectivity index (χ1v) is 8.65. The lowest BCUT2D eigenvalue weighted by molar-refractivity contribution is -0.121. The molecule has 0 aromatic heterocycles. The summed E-state index contributed by atoms with van der Waals surface area (Å²) >= 11 is 5.91. The summed E-state index contributed by atoms with van der Waals surface area (Å²) in [5, 5.41) is 4.96. The number of ether oxygens (including phenoxy) is 1. The number of aryl methyl sites for hydroxylation is 1. The maximum Gasteiger partial charge on any atom is 0.240 e. The van der Waals surface area contributed by atoms with E-state index < -0.39 is 0 Å². The zero-order chi connectivity index (χ0) is 16.7. The van der Waals surface area contributed by atoms with E-state index in [2.05, 4.69) is 17.5 Å². The SMILES string of the molecule is Cc1cc(Cl)ccc1OCCCC(=O)NN=C1CCCC(C)C1. The van der Waals surface area contributed by atoms with E-state index >= 15 is 0 Å². The van der Waals surface area contributed by atoms with Crippen molar-refractivity contribution >= 4 is 23.2 Å². The fourth-order valence-corrected chi connectivity index (χ4v) is 2.98.